The van der Waals surface area contributed by atoms with Crippen molar-refractivity contribution in [3.63, 3.8) is 0 Å². The summed E-state index contributed by atoms with van der Waals surface area (Å²) < 4.78 is 2.13. The number of carbonyl (C=O) groups is 1. The fraction of sp³-hybridized carbons (Fsp3) is 0.333. The SMILES string of the molecule is O=C(Nc1nc2ccccc2n1CCN1CCCCC1)c1ccccc1. The molecular formula is C21H24N4O. The van der Waals surface area contributed by atoms with Crippen LogP contribution < -0.4 is 5.32 Å². The average Bonchev–Trinajstić information content (AvgIpc) is 3.05. The van der Waals surface area contributed by atoms with Crippen molar-refractivity contribution in [3.8, 4) is 0 Å². The first-order chi connectivity index (χ1) is 12.8. The quantitative estimate of drug-likeness (QED) is 0.763. The maximum absolute atomic E-state index is 12.6. The lowest BCUT2D eigenvalue weighted by Gasteiger charge is -2.26. The van der Waals surface area contributed by atoms with Gasteiger partial charge in [-0.25, -0.2) is 4.98 Å². The smallest absolute Gasteiger partial charge is 0.257 e. The van der Waals surface area contributed by atoms with Crippen LogP contribution in [0.1, 0.15) is 29.6 Å². The van der Waals surface area contributed by atoms with E-state index in [0.29, 0.717) is 11.5 Å². The Morgan fingerprint density at radius 2 is 1.65 bits per heavy atom. The van der Waals surface area contributed by atoms with Crippen LogP contribution in [0.25, 0.3) is 11.0 Å². The summed E-state index contributed by atoms with van der Waals surface area (Å²) in [6.07, 6.45) is 3.90. The van der Waals surface area contributed by atoms with Crippen LogP contribution in [0.2, 0.25) is 0 Å². The number of likely N-dealkylation sites (tertiary alicyclic amines) is 1. The molecule has 0 saturated carbocycles. The minimum Gasteiger partial charge on any atom is -0.309 e. The van der Waals surface area contributed by atoms with Gasteiger partial charge in [0.1, 0.15) is 0 Å². The van der Waals surface area contributed by atoms with E-state index in [4.69, 9.17) is 0 Å². The maximum atomic E-state index is 12.6. The number of nitrogens with one attached hydrogen (secondary N) is 1. The predicted molar refractivity (Wildman–Crippen MR) is 104 cm³/mol. The van der Waals surface area contributed by atoms with Gasteiger partial charge in [0.05, 0.1) is 11.0 Å². The molecule has 1 fully saturated rings. The predicted octanol–water partition coefficient (Wildman–Crippen LogP) is 3.77. The summed E-state index contributed by atoms with van der Waals surface area (Å²) in [4.78, 5) is 19.7. The third-order valence-corrected chi connectivity index (χ3v) is 5.00. The Kier molecular flexibility index (Phi) is 4.97. The van der Waals surface area contributed by atoms with Gasteiger partial charge >= 0.3 is 0 Å². The number of hydrogen-bond acceptors (Lipinski definition) is 3. The summed E-state index contributed by atoms with van der Waals surface area (Å²) >= 11 is 0. The number of benzene rings is 2. The molecule has 0 radical (unpaired) electrons. The largest absolute Gasteiger partial charge is 0.309 e. The van der Waals surface area contributed by atoms with Gasteiger partial charge in [0.25, 0.3) is 5.91 Å². The number of hydrogen-bond donors (Lipinski definition) is 1. The number of rotatable bonds is 5. The Bertz CT molecular complexity index is 881. The van der Waals surface area contributed by atoms with Crippen molar-refractivity contribution in [2.75, 3.05) is 25.0 Å². The highest BCUT2D eigenvalue weighted by Crippen LogP contribution is 2.21. The van der Waals surface area contributed by atoms with Crippen molar-refractivity contribution < 1.29 is 4.79 Å². The number of carbonyl (C=O) groups excluding carboxylic acids is 1. The van der Waals surface area contributed by atoms with Gasteiger partial charge in [-0.15, -0.1) is 0 Å². The van der Waals surface area contributed by atoms with Crippen LogP contribution in [0, 0.1) is 0 Å². The van der Waals surface area contributed by atoms with Crippen molar-refractivity contribution in [2.24, 2.45) is 0 Å². The molecule has 0 spiro atoms. The topological polar surface area (TPSA) is 50.2 Å². The van der Waals surface area contributed by atoms with E-state index in [-0.39, 0.29) is 5.91 Å². The first-order valence-corrected chi connectivity index (χ1v) is 9.35. The average molecular weight is 348 g/mol. The van der Waals surface area contributed by atoms with E-state index in [1.54, 1.807) is 0 Å². The molecule has 5 heteroatoms. The molecule has 0 bridgehead atoms. The molecule has 0 unspecified atom stereocenters. The molecule has 0 aliphatic carbocycles. The van der Waals surface area contributed by atoms with Crippen LogP contribution in [0.5, 0.6) is 0 Å². The summed E-state index contributed by atoms with van der Waals surface area (Å²) in [5.41, 5.74) is 2.62. The van der Waals surface area contributed by atoms with Crippen molar-refractivity contribution >= 4 is 22.9 Å². The molecule has 1 aliphatic heterocycles. The maximum Gasteiger partial charge on any atom is 0.257 e. The molecule has 1 saturated heterocycles. The zero-order valence-electron chi connectivity index (χ0n) is 14.9. The zero-order valence-corrected chi connectivity index (χ0v) is 14.9. The number of nitrogens with zero attached hydrogens (tertiary/aromatic N) is 3. The number of para-hydroxylation sites is 2. The van der Waals surface area contributed by atoms with E-state index in [9.17, 15) is 4.79 Å². The Balaban J connectivity index is 1.57. The Morgan fingerprint density at radius 1 is 0.923 bits per heavy atom. The van der Waals surface area contributed by atoms with Gasteiger partial charge in [0.2, 0.25) is 5.95 Å². The van der Waals surface area contributed by atoms with Crippen LogP contribution in [0.4, 0.5) is 5.95 Å². The number of imidazole rings is 1. The molecule has 1 aromatic heterocycles. The summed E-state index contributed by atoms with van der Waals surface area (Å²) in [5, 5.41) is 3.00. The monoisotopic (exact) mass is 348 g/mol. The summed E-state index contributed by atoms with van der Waals surface area (Å²) in [6.45, 7) is 4.14. The molecule has 1 aliphatic rings. The van der Waals surface area contributed by atoms with Crippen molar-refractivity contribution in [1.29, 1.82) is 0 Å². The third-order valence-electron chi connectivity index (χ3n) is 5.00. The second kappa shape index (κ2) is 7.70. The molecule has 3 aromatic rings. The van der Waals surface area contributed by atoms with Gasteiger partial charge in [-0.3, -0.25) is 10.1 Å². The molecule has 1 N–H and O–H groups in total. The number of anilines is 1. The second-order valence-electron chi connectivity index (χ2n) is 6.80. The summed E-state index contributed by atoms with van der Waals surface area (Å²) in [7, 11) is 0. The molecule has 2 aromatic carbocycles. The fourth-order valence-electron chi connectivity index (χ4n) is 3.58. The minimum atomic E-state index is -0.125. The molecule has 4 rings (SSSR count). The van der Waals surface area contributed by atoms with E-state index in [1.807, 2.05) is 48.5 Å². The highest BCUT2D eigenvalue weighted by atomic mass is 16.1. The van der Waals surface area contributed by atoms with Crippen LogP contribution >= 0.6 is 0 Å². The number of fused-ring (bicyclic) bond motifs is 1. The molecule has 5 nitrogen and oxygen atoms in total. The van der Waals surface area contributed by atoms with Gasteiger partial charge in [-0.2, -0.15) is 0 Å². The summed E-state index contributed by atoms with van der Waals surface area (Å²) in [6, 6.07) is 17.3. The van der Waals surface area contributed by atoms with Gasteiger partial charge in [0.15, 0.2) is 0 Å². The normalized spacial score (nSPS) is 15.2. The van der Waals surface area contributed by atoms with Crippen LogP contribution in [-0.2, 0) is 6.54 Å². The molecule has 134 valence electrons. The molecule has 0 atom stereocenters. The van der Waals surface area contributed by atoms with E-state index in [2.05, 4.69) is 25.8 Å². The van der Waals surface area contributed by atoms with E-state index in [1.165, 1.54) is 32.4 Å². The Morgan fingerprint density at radius 3 is 2.46 bits per heavy atom. The molecule has 2 heterocycles. The highest BCUT2D eigenvalue weighted by molar-refractivity contribution is 6.04. The van der Waals surface area contributed by atoms with Crippen LogP contribution in [0.15, 0.2) is 54.6 Å². The molecule has 26 heavy (non-hydrogen) atoms. The number of amides is 1. The highest BCUT2D eigenvalue weighted by Gasteiger charge is 2.16. The third kappa shape index (κ3) is 3.63. The van der Waals surface area contributed by atoms with Crippen molar-refractivity contribution in [3.05, 3.63) is 60.2 Å². The van der Waals surface area contributed by atoms with Gasteiger partial charge < -0.3 is 9.47 Å². The Labute approximate surface area is 153 Å². The summed E-state index contributed by atoms with van der Waals surface area (Å²) in [5.74, 6) is 0.497. The first-order valence-electron chi connectivity index (χ1n) is 9.35. The Hall–Kier alpha value is -2.66. The van der Waals surface area contributed by atoms with E-state index < -0.39 is 0 Å². The molecule has 1 amide bonds. The van der Waals surface area contributed by atoms with E-state index >= 15 is 0 Å². The van der Waals surface area contributed by atoms with E-state index in [0.717, 1.165) is 24.1 Å². The lowest BCUT2D eigenvalue weighted by molar-refractivity contribution is 0.102. The van der Waals surface area contributed by atoms with Gasteiger partial charge in [-0.1, -0.05) is 36.8 Å². The van der Waals surface area contributed by atoms with Gasteiger partial charge in [-0.05, 0) is 50.2 Å². The van der Waals surface area contributed by atoms with Gasteiger partial charge in [0, 0.05) is 18.7 Å². The van der Waals surface area contributed by atoms with Crippen molar-refractivity contribution in [1.82, 2.24) is 14.5 Å². The fourth-order valence-corrected chi connectivity index (χ4v) is 3.58. The number of aromatic nitrogens is 2. The zero-order chi connectivity index (χ0) is 17.8. The first kappa shape index (κ1) is 16.8. The second-order valence-corrected chi connectivity index (χ2v) is 6.80. The van der Waals surface area contributed by atoms with Crippen molar-refractivity contribution in [2.45, 2.75) is 25.8 Å². The minimum absolute atomic E-state index is 0.125. The standard InChI is InChI=1S/C21H24N4O/c26-20(17-9-3-1-4-10-17)23-21-22-18-11-5-6-12-19(18)25(21)16-15-24-13-7-2-8-14-24/h1,3-6,9-12H,2,7-8,13-16H2,(H,22,23,26). The lowest BCUT2D eigenvalue weighted by Crippen LogP contribution is -2.32. The lowest BCUT2D eigenvalue weighted by atomic mass is 10.1. The molecular weight excluding hydrogens is 324 g/mol. The van der Waals surface area contributed by atoms with Crippen LogP contribution in [0.3, 0.4) is 0 Å². The number of piperidine rings is 1. The van der Waals surface area contributed by atoms with Crippen LogP contribution in [-0.4, -0.2) is 40.0 Å².